The first-order valence-corrected chi connectivity index (χ1v) is 6.83. The number of hydrogen-bond acceptors (Lipinski definition) is 2. The summed E-state index contributed by atoms with van der Waals surface area (Å²) in [5.41, 5.74) is 4.83. The molecule has 0 atom stereocenters. The van der Waals surface area contributed by atoms with Crippen LogP contribution in [-0.4, -0.2) is 13.0 Å². The SMILES string of the molecule is CCc1cccc(C)c1NC(=O)c1ccc(NC)cc1. The number of carbonyl (C=O) groups is 1. The topological polar surface area (TPSA) is 41.1 Å². The van der Waals surface area contributed by atoms with E-state index in [1.807, 2.05) is 56.4 Å². The Kier molecular flexibility index (Phi) is 4.41. The third-order valence-electron chi connectivity index (χ3n) is 3.41. The van der Waals surface area contributed by atoms with E-state index in [9.17, 15) is 4.79 Å². The average Bonchev–Trinajstić information content (AvgIpc) is 2.49. The summed E-state index contributed by atoms with van der Waals surface area (Å²) in [6.45, 7) is 4.10. The molecule has 0 aromatic heterocycles. The van der Waals surface area contributed by atoms with E-state index in [1.165, 1.54) is 0 Å². The van der Waals surface area contributed by atoms with Crippen LogP contribution < -0.4 is 10.6 Å². The molecule has 0 saturated heterocycles. The molecule has 2 aromatic carbocycles. The van der Waals surface area contributed by atoms with Gasteiger partial charge in [0.1, 0.15) is 0 Å². The van der Waals surface area contributed by atoms with Gasteiger partial charge in [0.25, 0.3) is 5.91 Å². The molecule has 0 bridgehead atoms. The second-order valence-electron chi connectivity index (χ2n) is 4.74. The normalized spacial score (nSPS) is 10.2. The van der Waals surface area contributed by atoms with Crippen molar-refractivity contribution in [2.45, 2.75) is 20.3 Å². The van der Waals surface area contributed by atoms with Crippen molar-refractivity contribution in [3.05, 3.63) is 59.2 Å². The first-order chi connectivity index (χ1) is 9.65. The second-order valence-corrected chi connectivity index (χ2v) is 4.74. The Morgan fingerprint density at radius 2 is 1.80 bits per heavy atom. The third kappa shape index (κ3) is 2.99. The Bertz CT molecular complexity index is 603. The van der Waals surface area contributed by atoms with E-state index < -0.39 is 0 Å². The molecule has 3 nitrogen and oxygen atoms in total. The van der Waals surface area contributed by atoms with Crippen molar-refractivity contribution in [2.24, 2.45) is 0 Å². The van der Waals surface area contributed by atoms with E-state index in [0.29, 0.717) is 5.56 Å². The maximum atomic E-state index is 12.3. The van der Waals surface area contributed by atoms with Gasteiger partial charge in [-0.1, -0.05) is 25.1 Å². The molecule has 1 amide bonds. The Morgan fingerprint density at radius 3 is 2.40 bits per heavy atom. The van der Waals surface area contributed by atoms with Crippen LogP contribution >= 0.6 is 0 Å². The zero-order chi connectivity index (χ0) is 14.5. The van der Waals surface area contributed by atoms with E-state index in [-0.39, 0.29) is 5.91 Å². The number of rotatable bonds is 4. The van der Waals surface area contributed by atoms with E-state index in [4.69, 9.17) is 0 Å². The van der Waals surface area contributed by atoms with Crippen LogP contribution in [0.25, 0.3) is 0 Å². The summed E-state index contributed by atoms with van der Waals surface area (Å²) in [7, 11) is 1.86. The van der Waals surface area contributed by atoms with Crippen molar-refractivity contribution in [3.63, 3.8) is 0 Å². The van der Waals surface area contributed by atoms with Crippen LogP contribution in [-0.2, 0) is 6.42 Å². The average molecular weight is 268 g/mol. The minimum atomic E-state index is -0.0725. The number of amides is 1. The number of para-hydroxylation sites is 1. The molecule has 0 heterocycles. The zero-order valence-electron chi connectivity index (χ0n) is 12.2. The van der Waals surface area contributed by atoms with Crippen LogP contribution in [0.3, 0.4) is 0 Å². The lowest BCUT2D eigenvalue weighted by Crippen LogP contribution is -2.14. The van der Waals surface area contributed by atoms with Gasteiger partial charge >= 0.3 is 0 Å². The highest BCUT2D eigenvalue weighted by molar-refractivity contribution is 6.05. The van der Waals surface area contributed by atoms with Crippen LogP contribution in [0.15, 0.2) is 42.5 Å². The van der Waals surface area contributed by atoms with Crippen molar-refractivity contribution in [1.29, 1.82) is 0 Å². The first kappa shape index (κ1) is 14.1. The molecular weight excluding hydrogens is 248 g/mol. The van der Waals surface area contributed by atoms with Crippen LogP contribution in [0.5, 0.6) is 0 Å². The third-order valence-corrected chi connectivity index (χ3v) is 3.41. The lowest BCUT2D eigenvalue weighted by Gasteiger charge is -2.13. The molecule has 0 saturated carbocycles. The molecular formula is C17H20N2O. The van der Waals surface area contributed by atoms with Crippen molar-refractivity contribution >= 4 is 17.3 Å². The molecule has 0 fully saturated rings. The van der Waals surface area contributed by atoms with Crippen molar-refractivity contribution in [2.75, 3.05) is 17.7 Å². The van der Waals surface area contributed by atoms with E-state index in [2.05, 4.69) is 17.6 Å². The quantitative estimate of drug-likeness (QED) is 0.884. The summed E-state index contributed by atoms with van der Waals surface area (Å²) in [4.78, 5) is 12.3. The lowest BCUT2D eigenvalue weighted by atomic mass is 10.1. The highest BCUT2D eigenvalue weighted by Crippen LogP contribution is 2.22. The first-order valence-electron chi connectivity index (χ1n) is 6.83. The van der Waals surface area contributed by atoms with Gasteiger partial charge in [-0.25, -0.2) is 0 Å². The molecule has 0 aliphatic carbocycles. The molecule has 104 valence electrons. The molecule has 0 spiro atoms. The van der Waals surface area contributed by atoms with Gasteiger partial charge in [0.15, 0.2) is 0 Å². The molecule has 2 aromatic rings. The number of aryl methyl sites for hydroxylation is 2. The smallest absolute Gasteiger partial charge is 0.255 e. The monoisotopic (exact) mass is 268 g/mol. The van der Waals surface area contributed by atoms with Gasteiger partial charge in [-0.15, -0.1) is 0 Å². The number of benzene rings is 2. The standard InChI is InChI=1S/C17H20N2O/c1-4-13-7-5-6-12(2)16(13)19-17(20)14-8-10-15(18-3)11-9-14/h5-11,18H,4H2,1-3H3,(H,19,20). The molecule has 20 heavy (non-hydrogen) atoms. The van der Waals surface area contributed by atoms with Gasteiger partial charge in [-0.2, -0.15) is 0 Å². The summed E-state index contributed by atoms with van der Waals surface area (Å²) in [5, 5.41) is 6.06. The fourth-order valence-corrected chi connectivity index (χ4v) is 2.18. The predicted molar refractivity (Wildman–Crippen MR) is 84.5 cm³/mol. The van der Waals surface area contributed by atoms with Gasteiger partial charge in [0, 0.05) is 24.0 Å². The van der Waals surface area contributed by atoms with Gasteiger partial charge in [-0.05, 0) is 48.7 Å². The zero-order valence-corrected chi connectivity index (χ0v) is 12.2. The minimum Gasteiger partial charge on any atom is -0.388 e. The molecule has 0 aliphatic rings. The van der Waals surface area contributed by atoms with Crippen molar-refractivity contribution in [1.82, 2.24) is 0 Å². The van der Waals surface area contributed by atoms with E-state index in [0.717, 1.165) is 28.9 Å². The van der Waals surface area contributed by atoms with E-state index >= 15 is 0 Å². The van der Waals surface area contributed by atoms with Crippen LogP contribution in [0.1, 0.15) is 28.4 Å². The maximum absolute atomic E-state index is 12.3. The van der Waals surface area contributed by atoms with Gasteiger partial charge < -0.3 is 10.6 Å². The second kappa shape index (κ2) is 6.24. The summed E-state index contributed by atoms with van der Waals surface area (Å²) in [5.74, 6) is -0.0725. The largest absolute Gasteiger partial charge is 0.388 e. The molecule has 2 rings (SSSR count). The Balaban J connectivity index is 2.23. The van der Waals surface area contributed by atoms with Crippen LogP contribution in [0.2, 0.25) is 0 Å². The number of nitrogens with one attached hydrogen (secondary N) is 2. The molecule has 0 unspecified atom stereocenters. The van der Waals surface area contributed by atoms with Gasteiger partial charge in [-0.3, -0.25) is 4.79 Å². The van der Waals surface area contributed by atoms with Crippen molar-refractivity contribution in [3.8, 4) is 0 Å². The Hall–Kier alpha value is -2.29. The van der Waals surface area contributed by atoms with Crippen LogP contribution in [0.4, 0.5) is 11.4 Å². The highest BCUT2D eigenvalue weighted by Gasteiger charge is 2.10. The highest BCUT2D eigenvalue weighted by atomic mass is 16.1. The minimum absolute atomic E-state index is 0.0725. The number of anilines is 2. The summed E-state index contributed by atoms with van der Waals surface area (Å²) in [6, 6.07) is 13.5. The maximum Gasteiger partial charge on any atom is 0.255 e. The molecule has 0 radical (unpaired) electrons. The summed E-state index contributed by atoms with van der Waals surface area (Å²) >= 11 is 0. The fourth-order valence-electron chi connectivity index (χ4n) is 2.18. The molecule has 2 N–H and O–H groups in total. The Labute approximate surface area is 120 Å². The Morgan fingerprint density at radius 1 is 1.10 bits per heavy atom. The summed E-state index contributed by atoms with van der Waals surface area (Å²) < 4.78 is 0. The van der Waals surface area contributed by atoms with Crippen LogP contribution in [0, 0.1) is 6.92 Å². The predicted octanol–water partition coefficient (Wildman–Crippen LogP) is 3.85. The van der Waals surface area contributed by atoms with E-state index in [1.54, 1.807) is 0 Å². The van der Waals surface area contributed by atoms with Gasteiger partial charge in [0.2, 0.25) is 0 Å². The number of carbonyl (C=O) groups excluding carboxylic acids is 1. The molecule has 3 heteroatoms. The van der Waals surface area contributed by atoms with Gasteiger partial charge in [0.05, 0.1) is 0 Å². The summed E-state index contributed by atoms with van der Waals surface area (Å²) in [6.07, 6.45) is 0.899. The lowest BCUT2D eigenvalue weighted by molar-refractivity contribution is 0.102. The number of hydrogen-bond donors (Lipinski definition) is 2. The van der Waals surface area contributed by atoms with Crippen molar-refractivity contribution < 1.29 is 4.79 Å². The molecule has 0 aliphatic heterocycles. The fraction of sp³-hybridized carbons (Fsp3) is 0.235.